The zero-order valence-electron chi connectivity index (χ0n) is 17.8. The molecule has 0 aliphatic heterocycles. The number of ether oxygens (including phenoxy) is 3. The van der Waals surface area contributed by atoms with Crippen LogP contribution < -0.4 is 14.2 Å². The molecule has 0 saturated heterocycles. The van der Waals surface area contributed by atoms with E-state index in [2.05, 4.69) is 0 Å². The molecule has 0 spiro atoms. The van der Waals surface area contributed by atoms with E-state index in [1.165, 1.54) is 26.2 Å². The van der Waals surface area contributed by atoms with Crippen molar-refractivity contribution in [2.24, 2.45) is 0 Å². The van der Waals surface area contributed by atoms with Gasteiger partial charge in [-0.1, -0.05) is 12.1 Å². The Morgan fingerprint density at radius 1 is 0.828 bits per heavy atom. The summed E-state index contributed by atoms with van der Waals surface area (Å²) >= 11 is 0. The van der Waals surface area contributed by atoms with E-state index < -0.39 is 0 Å². The summed E-state index contributed by atoms with van der Waals surface area (Å²) in [5.41, 5.74) is 1.99. The van der Waals surface area contributed by atoms with Crippen LogP contribution in [0.3, 0.4) is 0 Å². The summed E-state index contributed by atoms with van der Waals surface area (Å²) in [4.78, 5) is 28.4. The van der Waals surface area contributed by atoms with Gasteiger partial charge in [0.15, 0.2) is 11.5 Å². The maximum Gasteiger partial charge on any atom is 0.254 e. The van der Waals surface area contributed by atoms with E-state index in [1.54, 1.807) is 43.3 Å². The predicted molar refractivity (Wildman–Crippen MR) is 111 cm³/mol. The van der Waals surface area contributed by atoms with Gasteiger partial charge >= 0.3 is 0 Å². The first kappa shape index (κ1) is 22.1. The topological polar surface area (TPSA) is 68.3 Å². The Morgan fingerprint density at radius 3 is 1.79 bits per heavy atom. The van der Waals surface area contributed by atoms with Crippen LogP contribution in [0.15, 0.2) is 36.4 Å². The Bertz CT molecular complexity index is 837. The number of hydrogen-bond donors (Lipinski definition) is 0. The second-order valence-electron chi connectivity index (χ2n) is 6.63. The molecule has 2 aromatic rings. The minimum absolute atomic E-state index is 0.0580. The highest BCUT2D eigenvalue weighted by Gasteiger charge is 2.21. The second-order valence-corrected chi connectivity index (χ2v) is 6.63. The van der Waals surface area contributed by atoms with Gasteiger partial charge in [-0.3, -0.25) is 9.59 Å². The van der Waals surface area contributed by atoms with Crippen LogP contribution in [0.4, 0.5) is 0 Å². The molecule has 0 heterocycles. The molecule has 156 valence electrons. The van der Waals surface area contributed by atoms with Gasteiger partial charge in [0, 0.05) is 38.3 Å². The Kier molecular flexibility index (Phi) is 7.47. The molecule has 0 fully saturated rings. The zero-order valence-corrected chi connectivity index (χ0v) is 17.8. The molecule has 0 aliphatic carbocycles. The second kappa shape index (κ2) is 9.82. The van der Waals surface area contributed by atoms with Gasteiger partial charge in [0.05, 0.1) is 21.3 Å². The molecule has 2 rings (SSSR count). The molecule has 0 atom stereocenters. The molecule has 29 heavy (non-hydrogen) atoms. The van der Waals surface area contributed by atoms with Gasteiger partial charge in [-0.25, -0.2) is 0 Å². The molecule has 7 heteroatoms. The van der Waals surface area contributed by atoms with E-state index in [1.807, 2.05) is 19.1 Å². The van der Waals surface area contributed by atoms with Crippen LogP contribution in [0.1, 0.15) is 33.2 Å². The Balaban J connectivity index is 2.26. The van der Waals surface area contributed by atoms with E-state index in [0.717, 1.165) is 5.56 Å². The largest absolute Gasteiger partial charge is 0.493 e. The first-order valence-electron chi connectivity index (χ1n) is 9.26. The summed E-state index contributed by atoms with van der Waals surface area (Å²) < 4.78 is 16.0. The summed E-state index contributed by atoms with van der Waals surface area (Å²) in [5, 5.41) is 0. The summed E-state index contributed by atoms with van der Waals surface area (Å²) in [6.07, 6.45) is 0. The maximum atomic E-state index is 13.1. The molecule has 2 amide bonds. The fourth-order valence-corrected chi connectivity index (χ4v) is 2.95. The fraction of sp³-hybridized carbons (Fsp3) is 0.364. The van der Waals surface area contributed by atoms with E-state index in [-0.39, 0.29) is 11.8 Å². The van der Waals surface area contributed by atoms with Crippen molar-refractivity contribution in [1.82, 2.24) is 9.80 Å². The van der Waals surface area contributed by atoms with Gasteiger partial charge in [-0.2, -0.15) is 0 Å². The lowest BCUT2D eigenvalue weighted by Gasteiger charge is -2.22. The van der Waals surface area contributed by atoms with Crippen LogP contribution in [0.2, 0.25) is 0 Å². The van der Waals surface area contributed by atoms with Gasteiger partial charge in [-0.05, 0) is 36.8 Å². The Labute approximate surface area is 171 Å². The molecule has 0 aliphatic rings. The number of carbonyl (C=O) groups excluding carboxylic acids is 2. The van der Waals surface area contributed by atoms with Crippen LogP contribution in [0.5, 0.6) is 17.2 Å². The third-order valence-electron chi connectivity index (χ3n) is 4.56. The minimum Gasteiger partial charge on any atom is -0.493 e. The highest BCUT2D eigenvalue weighted by Crippen LogP contribution is 2.38. The monoisotopic (exact) mass is 400 g/mol. The Morgan fingerprint density at radius 2 is 1.38 bits per heavy atom. The average Bonchev–Trinajstić information content (AvgIpc) is 2.75. The Hall–Kier alpha value is -3.22. The van der Waals surface area contributed by atoms with E-state index in [9.17, 15) is 9.59 Å². The number of nitrogens with zero attached hydrogens (tertiary/aromatic N) is 2. The van der Waals surface area contributed by atoms with Crippen molar-refractivity contribution in [3.63, 3.8) is 0 Å². The van der Waals surface area contributed by atoms with E-state index in [4.69, 9.17) is 14.2 Å². The summed E-state index contributed by atoms with van der Waals surface area (Å²) in [7, 11) is 7.97. The number of carbonyl (C=O) groups is 2. The highest BCUT2D eigenvalue weighted by molar-refractivity contribution is 5.96. The maximum absolute atomic E-state index is 13.1. The van der Waals surface area contributed by atoms with E-state index in [0.29, 0.717) is 41.5 Å². The molecule has 7 nitrogen and oxygen atoms in total. The molecule has 0 saturated carbocycles. The quantitative estimate of drug-likeness (QED) is 0.681. The van der Waals surface area contributed by atoms with Gasteiger partial charge in [0.2, 0.25) is 5.75 Å². The number of amides is 2. The molecule has 0 aromatic heterocycles. The number of methoxy groups -OCH3 is 3. The summed E-state index contributed by atoms with van der Waals surface area (Å²) in [5.74, 6) is 1.09. The first-order valence-corrected chi connectivity index (χ1v) is 9.26. The fourth-order valence-electron chi connectivity index (χ4n) is 2.95. The van der Waals surface area contributed by atoms with Crippen molar-refractivity contribution >= 4 is 11.8 Å². The molecule has 0 N–H and O–H groups in total. The predicted octanol–water partition coefficient (Wildman–Crippen LogP) is 3.08. The van der Waals surface area contributed by atoms with Crippen LogP contribution >= 0.6 is 0 Å². The smallest absolute Gasteiger partial charge is 0.254 e. The highest BCUT2D eigenvalue weighted by atomic mass is 16.5. The normalized spacial score (nSPS) is 10.3. The third kappa shape index (κ3) is 4.99. The van der Waals surface area contributed by atoms with Gasteiger partial charge in [0.1, 0.15) is 0 Å². The molecule has 2 aromatic carbocycles. The van der Waals surface area contributed by atoms with Crippen molar-refractivity contribution in [3.05, 3.63) is 53.1 Å². The number of benzene rings is 2. The molecule has 0 radical (unpaired) electrons. The zero-order chi connectivity index (χ0) is 21.6. The SMILES string of the molecule is CCN(Cc1ccc(C(=O)N(C)C)cc1)C(=O)c1cc(OC)c(OC)c(OC)c1. The van der Waals surface area contributed by atoms with Gasteiger partial charge in [0.25, 0.3) is 11.8 Å². The number of hydrogen-bond acceptors (Lipinski definition) is 5. The molecule has 0 unspecified atom stereocenters. The lowest BCUT2D eigenvalue weighted by atomic mass is 10.1. The lowest BCUT2D eigenvalue weighted by Crippen LogP contribution is -2.30. The van der Waals surface area contributed by atoms with Crippen LogP contribution in [-0.2, 0) is 6.54 Å². The molecular weight excluding hydrogens is 372 g/mol. The van der Waals surface area contributed by atoms with Crippen molar-refractivity contribution in [2.75, 3.05) is 42.0 Å². The minimum atomic E-state index is -0.153. The third-order valence-corrected chi connectivity index (χ3v) is 4.56. The average molecular weight is 400 g/mol. The standard InChI is InChI=1S/C22H28N2O5/c1-7-24(14-15-8-10-16(11-9-15)21(25)23(2)3)22(26)17-12-18(27-4)20(29-6)19(13-17)28-5/h8-13H,7,14H2,1-6H3. The van der Waals surface area contributed by atoms with Crippen molar-refractivity contribution in [3.8, 4) is 17.2 Å². The van der Waals surface area contributed by atoms with Crippen LogP contribution in [0.25, 0.3) is 0 Å². The van der Waals surface area contributed by atoms with Crippen LogP contribution in [0, 0.1) is 0 Å². The molecule has 0 bridgehead atoms. The number of rotatable bonds is 8. The van der Waals surface area contributed by atoms with E-state index >= 15 is 0 Å². The first-order chi connectivity index (χ1) is 13.9. The summed E-state index contributed by atoms with van der Waals surface area (Å²) in [6.45, 7) is 2.86. The summed E-state index contributed by atoms with van der Waals surface area (Å²) in [6, 6.07) is 10.6. The van der Waals surface area contributed by atoms with Gasteiger partial charge < -0.3 is 24.0 Å². The van der Waals surface area contributed by atoms with Crippen molar-refractivity contribution in [2.45, 2.75) is 13.5 Å². The lowest BCUT2D eigenvalue weighted by molar-refractivity contribution is 0.0750. The molecular formula is C22H28N2O5. The van der Waals surface area contributed by atoms with Crippen LogP contribution in [-0.4, -0.2) is 63.6 Å². The van der Waals surface area contributed by atoms with Crippen molar-refractivity contribution < 1.29 is 23.8 Å². The van der Waals surface area contributed by atoms with Gasteiger partial charge in [-0.15, -0.1) is 0 Å². The van der Waals surface area contributed by atoms with Crippen molar-refractivity contribution in [1.29, 1.82) is 0 Å².